The third-order valence-corrected chi connectivity index (χ3v) is 11.9. The highest BCUT2D eigenvalue weighted by Gasteiger charge is 2.68. The highest BCUT2D eigenvalue weighted by Crippen LogP contribution is 2.44. The second-order valence-electron chi connectivity index (χ2n) is 4.25. The van der Waals surface area contributed by atoms with E-state index < -0.39 is 64.5 Å². The van der Waals surface area contributed by atoms with Crippen LogP contribution in [0.3, 0.4) is 0 Å². The molecule has 0 aliphatic rings. The van der Waals surface area contributed by atoms with E-state index in [-0.39, 0.29) is 0 Å². The smallest absolute Gasteiger partial charge is 0.586 e. The molecule has 0 radical (unpaired) electrons. The van der Waals surface area contributed by atoms with Gasteiger partial charge in [0.25, 0.3) is 23.9 Å². The van der Waals surface area contributed by atoms with E-state index in [2.05, 4.69) is 0 Å². The third-order valence-electron chi connectivity index (χ3n) is 2.07. The summed E-state index contributed by atoms with van der Waals surface area (Å²) < 4.78 is 28.6. The summed E-state index contributed by atoms with van der Waals surface area (Å²) in [4.78, 5) is 63.4. The molecule has 11 nitrogen and oxygen atoms in total. The number of carbonyl (C=O) groups excluding carboxylic acids is 4. The van der Waals surface area contributed by atoms with Crippen molar-refractivity contribution in [1.82, 2.24) is 0 Å². The van der Waals surface area contributed by atoms with Gasteiger partial charge in [-0.25, -0.2) is 0 Å². The fourth-order valence-electron chi connectivity index (χ4n) is 1.43. The zero-order chi connectivity index (χ0) is 18.4. The van der Waals surface area contributed by atoms with Gasteiger partial charge >= 0.3 is 37.2 Å². The Hall–Kier alpha value is -0.905. The molecule has 0 aliphatic heterocycles. The molecular formula is C9H15Al2O11P. The van der Waals surface area contributed by atoms with Gasteiger partial charge in [-0.05, 0) is 0 Å². The minimum Gasteiger partial charge on any atom is -0.586 e. The van der Waals surface area contributed by atoms with Crippen LogP contribution in [0.1, 0.15) is 27.7 Å². The summed E-state index contributed by atoms with van der Waals surface area (Å²) in [5.41, 5.74) is 0. The number of hydrogen-bond acceptors (Lipinski definition) is 9. The van der Waals surface area contributed by atoms with Gasteiger partial charge in [-0.2, -0.15) is 0 Å². The molecule has 0 aromatic heterocycles. The van der Waals surface area contributed by atoms with Gasteiger partial charge in [0, 0.05) is 27.7 Å². The van der Waals surface area contributed by atoms with E-state index in [4.69, 9.17) is 15.2 Å². The fourth-order valence-corrected chi connectivity index (χ4v) is 8.63. The molecule has 23 heavy (non-hydrogen) atoms. The molecule has 0 fully saturated rings. The number of carbonyl (C=O) groups is 4. The molecule has 0 heterocycles. The normalized spacial score (nSPS) is 10.6. The zero-order valence-electron chi connectivity index (χ0n) is 12.7. The molecule has 0 spiro atoms. The van der Waals surface area contributed by atoms with Crippen molar-refractivity contribution in [2.75, 3.05) is 0 Å². The van der Waals surface area contributed by atoms with Crippen molar-refractivity contribution in [1.29, 1.82) is 0 Å². The second-order valence-corrected chi connectivity index (χ2v) is 11.8. The first-order valence-corrected chi connectivity index (χ1v) is 11.0. The van der Waals surface area contributed by atoms with E-state index in [1.165, 1.54) is 0 Å². The van der Waals surface area contributed by atoms with Crippen molar-refractivity contribution in [3.8, 4) is 0 Å². The Morgan fingerprint density at radius 3 is 1.09 bits per heavy atom. The average Bonchev–Trinajstić information content (AvgIpc) is 2.22. The van der Waals surface area contributed by atoms with Crippen LogP contribution in [0.15, 0.2) is 0 Å². The maximum absolute atomic E-state index is 11.7. The zero-order valence-corrected chi connectivity index (χ0v) is 16.0. The molecule has 0 aliphatic carbocycles. The molecule has 128 valence electrons. The first-order valence-electron chi connectivity index (χ1n) is 6.08. The molecule has 0 bridgehead atoms. The molecule has 0 amide bonds. The van der Waals surface area contributed by atoms with Crippen LogP contribution >= 0.6 is 7.60 Å². The van der Waals surface area contributed by atoms with Crippen LogP contribution in [0, 0.1) is 0 Å². The molecule has 14 heteroatoms. The second kappa shape index (κ2) is 9.41. The molecule has 0 aromatic rings. The number of rotatable bonds is 7. The van der Waals surface area contributed by atoms with Crippen LogP contribution in [-0.2, 0) is 38.9 Å². The summed E-state index contributed by atoms with van der Waals surface area (Å²) in [6.45, 7) is 3.76. The van der Waals surface area contributed by atoms with Crippen LogP contribution < -0.4 is 0 Å². The number of hydrogen-bond donors (Lipinski definition) is 2. The van der Waals surface area contributed by atoms with Crippen molar-refractivity contribution >= 4 is 61.1 Å². The van der Waals surface area contributed by atoms with Gasteiger partial charge in [0.2, 0.25) is 0 Å². The van der Waals surface area contributed by atoms with Gasteiger partial charge in [0.1, 0.15) is 3.38 Å². The molecule has 2 N–H and O–H groups in total. The Labute approximate surface area is 141 Å². The van der Waals surface area contributed by atoms with E-state index in [9.17, 15) is 33.5 Å². The van der Waals surface area contributed by atoms with Crippen molar-refractivity contribution in [2.45, 2.75) is 31.1 Å². The molecular weight excluding hydrogens is 369 g/mol. The summed E-state index contributed by atoms with van der Waals surface area (Å²) in [6.07, 6.45) is 0. The van der Waals surface area contributed by atoms with Crippen molar-refractivity contribution in [3.63, 3.8) is 0 Å². The maximum atomic E-state index is 11.7. The Kier molecular flexibility index (Phi) is 9.04. The Bertz CT molecular complexity index is 462. The molecule has 0 atom stereocenters. The Balaban J connectivity index is 5.84. The van der Waals surface area contributed by atoms with E-state index in [0.717, 1.165) is 27.7 Å². The fraction of sp³-hybridized carbons (Fsp3) is 0.556. The lowest BCUT2D eigenvalue weighted by Crippen LogP contribution is -2.52. The lowest BCUT2D eigenvalue weighted by Gasteiger charge is -2.23. The predicted molar refractivity (Wildman–Crippen MR) is 74.4 cm³/mol. The quantitative estimate of drug-likeness (QED) is 0.402. The van der Waals surface area contributed by atoms with Gasteiger partial charge in [-0.3, -0.25) is 23.7 Å². The average molecular weight is 384 g/mol. The topological polar surface area (TPSA) is 163 Å². The summed E-state index contributed by atoms with van der Waals surface area (Å²) in [6, 6.07) is 0. The highest BCUT2D eigenvalue weighted by atomic mass is 31.2. The largest absolute Gasteiger partial charge is 0.870 e. The van der Waals surface area contributed by atoms with E-state index >= 15 is 0 Å². The minimum absolute atomic E-state index is 0.939. The summed E-state index contributed by atoms with van der Waals surface area (Å²) in [5.74, 6) is -3.83. The third kappa shape index (κ3) is 9.09. The SMILES string of the molecule is CC(=O)[O][Al]([O]C(C)=O)[CH]([Al]([O]C(C)=O)[O]C(C)=O)P(=O)(O)O. The Morgan fingerprint density at radius 2 is 0.957 bits per heavy atom. The maximum Gasteiger partial charge on any atom is 0.870 e. The van der Waals surface area contributed by atoms with E-state index in [0.29, 0.717) is 0 Å². The van der Waals surface area contributed by atoms with E-state index in [1.807, 2.05) is 0 Å². The molecule has 0 rings (SSSR count). The first kappa shape index (κ1) is 22.1. The van der Waals surface area contributed by atoms with Crippen LogP contribution in [0.4, 0.5) is 0 Å². The summed E-state index contributed by atoms with van der Waals surface area (Å²) in [5, 5.41) is 0. The first-order chi connectivity index (χ1) is 10.3. The minimum atomic E-state index is -5.10. The van der Waals surface area contributed by atoms with Crippen molar-refractivity contribution in [2.24, 2.45) is 0 Å². The standard InChI is InChI=1S/4C2H4O2.CH3O3P.2Al/c4*1-2(3)4;1-5(2,3)4;;/h4*1H3,(H,3,4);1H,(H2,2,3,4);;/q;;;;;2*+2/p-4. The van der Waals surface area contributed by atoms with Crippen LogP contribution in [0.5, 0.6) is 0 Å². The Morgan fingerprint density at radius 1 is 0.739 bits per heavy atom. The lowest BCUT2D eigenvalue weighted by atomic mass is 10.9. The van der Waals surface area contributed by atoms with E-state index in [1.54, 1.807) is 0 Å². The lowest BCUT2D eigenvalue weighted by molar-refractivity contribution is -0.138. The van der Waals surface area contributed by atoms with Gasteiger partial charge in [-0.15, -0.1) is 0 Å². The molecule has 0 saturated carbocycles. The van der Waals surface area contributed by atoms with Gasteiger partial charge in [0.05, 0.1) is 0 Å². The van der Waals surface area contributed by atoms with Crippen molar-refractivity contribution in [3.05, 3.63) is 0 Å². The molecule has 0 unspecified atom stereocenters. The van der Waals surface area contributed by atoms with Crippen LogP contribution in [-0.4, -0.2) is 66.7 Å². The molecule has 0 aromatic carbocycles. The summed E-state index contributed by atoms with van der Waals surface area (Å²) >= 11 is -7.44. The molecule has 0 saturated heterocycles. The monoisotopic (exact) mass is 384 g/mol. The highest BCUT2D eigenvalue weighted by molar-refractivity contribution is 7.58. The summed E-state index contributed by atoms with van der Waals surface area (Å²) in [7, 11) is -5.10. The van der Waals surface area contributed by atoms with Gasteiger partial charge in [-0.1, -0.05) is 0 Å². The van der Waals surface area contributed by atoms with Gasteiger partial charge < -0.3 is 24.9 Å². The van der Waals surface area contributed by atoms with Crippen molar-refractivity contribution < 1.29 is 48.7 Å². The predicted octanol–water partition coefficient (Wildman–Crippen LogP) is -1.16. The van der Waals surface area contributed by atoms with Crippen LogP contribution in [0.25, 0.3) is 0 Å². The van der Waals surface area contributed by atoms with Gasteiger partial charge in [0.15, 0.2) is 0 Å². The van der Waals surface area contributed by atoms with Crippen LogP contribution in [0.2, 0.25) is 0 Å².